The predicted molar refractivity (Wildman–Crippen MR) is 59.7 cm³/mol. The van der Waals surface area contributed by atoms with E-state index < -0.39 is 22.8 Å². The smallest absolute Gasteiger partial charge is 0.408 e. The molecule has 0 saturated heterocycles. The second kappa shape index (κ2) is 4.00. The Hall–Kier alpha value is -0.770. The van der Waals surface area contributed by atoms with Crippen molar-refractivity contribution < 1.29 is 14.6 Å². The summed E-state index contributed by atoms with van der Waals surface area (Å²) in [6.07, 6.45) is -0.519. The molecule has 2 N–H and O–H groups in total. The topological polar surface area (TPSA) is 58.6 Å². The first-order valence-electron chi connectivity index (χ1n) is 5.09. The number of hydrogen-bond donors (Lipinski definition) is 2. The van der Waals surface area contributed by atoms with Crippen LogP contribution < -0.4 is 5.32 Å². The van der Waals surface area contributed by atoms with Gasteiger partial charge in [-0.05, 0) is 48.5 Å². The van der Waals surface area contributed by atoms with E-state index in [2.05, 4.69) is 5.32 Å². The monoisotopic (exact) mass is 217 g/mol. The molecule has 15 heavy (non-hydrogen) atoms. The van der Waals surface area contributed by atoms with Crippen molar-refractivity contribution in [1.82, 2.24) is 5.32 Å². The second-order valence-electron chi connectivity index (χ2n) is 5.81. The number of rotatable bonds is 2. The van der Waals surface area contributed by atoms with Gasteiger partial charge in [-0.3, -0.25) is 0 Å². The Morgan fingerprint density at radius 2 is 1.47 bits per heavy atom. The highest BCUT2D eigenvalue weighted by molar-refractivity contribution is 5.68. The molecule has 0 saturated carbocycles. The molecule has 4 heteroatoms. The van der Waals surface area contributed by atoms with Crippen molar-refractivity contribution in [1.29, 1.82) is 0 Å². The Balaban J connectivity index is 4.43. The van der Waals surface area contributed by atoms with Gasteiger partial charge in [-0.15, -0.1) is 0 Å². The number of hydrogen-bond acceptors (Lipinski definition) is 3. The van der Waals surface area contributed by atoms with Crippen LogP contribution in [-0.4, -0.2) is 27.9 Å². The molecule has 90 valence electrons. The van der Waals surface area contributed by atoms with Crippen molar-refractivity contribution in [2.75, 3.05) is 0 Å². The Kier molecular flexibility index (Phi) is 3.80. The van der Waals surface area contributed by atoms with Crippen molar-refractivity contribution in [2.24, 2.45) is 0 Å². The Bertz CT molecular complexity index is 233. The fraction of sp³-hybridized carbons (Fsp3) is 0.909. The van der Waals surface area contributed by atoms with Crippen LogP contribution in [0.15, 0.2) is 0 Å². The van der Waals surface area contributed by atoms with Gasteiger partial charge in [0.2, 0.25) is 0 Å². The van der Waals surface area contributed by atoms with E-state index in [1.54, 1.807) is 48.5 Å². The molecule has 0 aliphatic rings. The summed E-state index contributed by atoms with van der Waals surface area (Å²) in [5.41, 5.74) is -2.28. The molecule has 0 aliphatic carbocycles. The van der Waals surface area contributed by atoms with Gasteiger partial charge in [0, 0.05) is 0 Å². The molecule has 0 bridgehead atoms. The Morgan fingerprint density at radius 1 is 1.07 bits per heavy atom. The molecule has 1 amide bonds. The van der Waals surface area contributed by atoms with Crippen LogP contribution in [0.5, 0.6) is 0 Å². The van der Waals surface area contributed by atoms with Crippen molar-refractivity contribution in [3.05, 3.63) is 0 Å². The van der Waals surface area contributed by atoms with Crippen LogP contribution in [0.25, 0.3) is 0 Å². The minimum Gasteiger partial charge on any atom is -0.444 e. The summed E-state index contributed by atoms with van der Waals surface area (Å²) in [5.74, 6) is 0. The number of ether oxygens (including phenoxy) is 1. The summed E-state index contributed by atoms with van der Waals surface area (Å²) in [7, 11) is 0. The molecule has 0 heterocycles. The summed E-state index contributed by atoms with van der Waals surface area (Å²) >= 11 is 0. The minimum atomic E-state index is -1.01. The van der Waals surface area contributed by atoms with Crippen LogP contribution in [0.2, 0.25) is 0 Å². The van der Waals surface area contributed by atoms with Crippen LogP contribution in [0.1, 0.15) is 48.5 Å². The van der Waals surface area contributed by atoms with Crippen LogP contribution in [-0.2, 0) is 4.74 Å². The number of alkyl carbamates (subject to hydrolysis) is 1. The van der Waals surface area contributed by atoms with Crippen molar-refractivity contribution in [3.8, 4) is 0 Å². The van der Waals surface area contributed by atoms with Crippen molar-refractivity contribution in [3.63, 3.8) is 0 Å². The fourth-order valence-corrected chi connectivity index (χ4v) is 0.712. The minimum absolute atomic E-state index is 0.519. The molecule has 4 nitrogen and oxygen atoms in total. The zero-order valence-corrected chi connectivity index (χ0v) is 10.8. The van der Waals surface area contributed by atoms with Gasteiger partial charge < -0.3 is 15.2 Å². The lowest BCUT2D eigenvalue weighted by Gasteiger charge is -2.38. The van der Waals surface area contributed by atoms with Crippen molar-refractivity contribution in [2.45, 2.75) is 65.2 Å². The number of carbonyl (C=O) groups is 1. The van der Waals surface area contributed by atoms with E-state index in [-0.39, 0.29) is 0 Å². The lowest BCUT2D eigenvalue weighted by Crippen LogP contribution is -2.58. The van der Waals surface area contributed by atoms with E-state index in [9.17, 15) is 9.90 Å². The lowest BCUT2D eigenvalue weighted by molar-refractivity contribution is -0.0147. The number of nitrogens with one attached hydrogen (secondary N) is 1. The summed E-state index contributed by atoms with van der Waals surface area (Å²) in [4.78, 5) is 11.5. The quantitative estimate of drug-likeness (QED) is 0.744. The van der Waals surface area contributed by atoms with Crippen LogP contribution in [0.4, 0.5) is 4.79 Å². The van der Waals surface area contributed by atoms with E-state index >= 15 is 0 Å². The summed E-state index contributed by atoms with van der Waals surface area (Å²) in [6, 6.07) is 0. The van der Waals surface area contributed by atoms with Gasteiger partial charge in [-0.25, -0.2) is 4.79 Å². The molecular weight excluding hydrogens is 194 g/mol. The molecule has 0 atom stereocenters. The zero-order chi connectivity index (χ0) is 12.5. The number of aliphatic hydroxyl groups is 1. The third kappa shape index (κ3) is 5.02. The molecular formula is C11H23NO3. The molecule has 0 aromatic heterocycles. The highest BCUT2D eigenvalue weighted by Gasteiger charge is 2.37. The highest BCUT2D eigenvalue weighted by Crippen LogP contribution is 2.21. The molecule has 0 rings (SSSR count). The first-order chi connectivity index (χ1) is 6.35. The average molecular weight is 217 g/mol. The van der Waals surface area contributed by atoms with Gasteiger partial charge in [-0.2, -0.15) is 0 Å². The molecule has 0 fully saturated rings. The van der Waals surface area contributed by atoms with Crippen LogP contribution >= 0.6 is 0 Å². The van der Waals surface area contributed by atoms with Crippen LogP contribution in [0.3, 0.4) is 0 Å². The van der Waals surface area contributed by atoms with E-state index in [0.717, 1.165) is 0 Å². The third-order valence-corrected chi connectivity index (χ3v) is 2.34. The molecule has 0 aromatic rings. The van der Waals surface area contributed by atoms with Gasteiger partial charge in [0.05, 0.1) is 11.1 Å². The first kappa shape index (κ1) is 14.2. The Morgan fingerprint density at radius 3 is 1.73 bits per heavy atom. The lowest BCUT2D eigenvalue weighted by atomic mass is 9.86. The van der Waals surface area contributed by atoms with E-state index in [0.29, 0.717) is 0 Å². The number of carbonyl (C=O) groups excluding carboxylic acids is 1. The van der Waals surface area contributed by atoms with Gasteiger partial charge in [0.25, 0.3) is 0 Å². The molecule has 0 aliphatic heterocycles. The maximum atomic E-state index is 11.5. The van der Waals surface area contributed by atoms with E-state index in [1.165, 1.54) is 0 Å². The molecule has 0 unspecified atom stereocenters. The van der Waals surface area contributed by atoms with E-state index in [4.69, 9.17) is 4.74 Å². The predicted octanol–water partition coefficient (Wildman–Crippen LogP) is 2.06. The van der Waals surface area contributed by atoms with Crippen molar-refractivity contribution >= 4 is 6.09 Å². The third-order valence-electron chi connectivity index (χ3n) is 2.34. The van der Waals surface area contributed by atoms with Gasteiger partial charge >= 0.3 is 6.09 Å². The van der Waals surface area contributed by atoms with Crippen LogP contribution in [0, 0.1) is 0 Å². The Labute approximate surface area is 92.0 Å². The maximum absolute atomic E-state index is 11.5. The molecule has 0 aromatic carbocycles. The molecule has 0 spiro atoms. The summed E-state index contributed by atoms with van der Waals surface area (Å²) < 4.78 is 5.11. The fourth-order valence-electron chi connectivity index (χ4n) is 0.712. The zero-order valence-electron chi connectivity index (χ0n) is 10.8. The average Bonchev–Trinajstić information content (AvgIpc) is 1.75. The van der Waals surface area contributed by atoms with Gasteiger partial charge in [0.1, 0.15) is 5.60 Å². The normalized spacial score (nSPS) is 13.6. The highest BCUT2D eigenvalue weighted by atomic mass is 16.6. The SMILES string of the molecule is CC(C)(C)OC(=O)NC(C)(C)C(C)(C)O. The first-order valence-corrected chi connectivity index (χ1v) is 5.09. The van der Waals surface area contributed by atoms with Gasteiger partial charge in [0.15, 0.2) is 0 Å². The summed E-state index contributed by atoms with van der Waals surface area (Å²) in [6.45, 7) is 12.2. The maximum Gasteiger partial charge on any atom is 0.408 e. The van der Waals surface area contributed by atoms with Gasteiger partial charge in [-0.1, -0.05) is 0 Å². The summed E-state index contributed by atoms with van der Waals surface area (Å²) in [5, 5.41) is 12.5. The molecule has 0 radical (unpaired) electrons. The standard InChI is InChI=1S/C11H23NO3/c1-9(2,3)15-8(13)12-10(4,5)11(6,7)14/h14H,1-7H3,(H,12,13). The van der Waals surface area contributed by atoms with E-state index in [1.807, 2.05) is 0 Å². The second-order valence-corrected chi connectivity index (χ2v) is 5.81. The number of amides is 1. The largest absolute Gasteiger partial charge is 0.444 e.